The second-order valence-electron chi connectivity index (χ2n) is 6.04. The maximum atomic E-state index is 14.3. The van der Waals surface area contributed by atoms with Crippen molar-refractivity contribution in [1.29, 1.82) is 0 Å². The Morgan fingerprint density at radius 3 is 2.54 bits per heavy atom. The lowest BCUT2D eigenvalue weighted by Crippen LogP contribution is -2.22. The predicted octanol–water partition coefficient (Wildman–Crippen LogP) is 4.42. The van der Waals surface area contributed by atoms with Crippen molar-refractivity contribution >= 4 is 11.6 Å². The Labute approximate surface area is 142 Å². The largest absolute Gasteiger partial charge is 0.234 e. The van der Waals surface area contributed by atoms with Crippen LogP contribution in [0.2, 0.25) is 0 Å². The molecule has 1 aliphatic carbocycles. The standard InChI is InChI=1S/C18H14ClF2N3/c19-17(24-11-22-10-23-24)18(12-5-7-13(20)8-6-12)9-15(18)14-3-1-2-4-16(14)21/h1-8,10-11,15,17H,9H2/t15-,17-,18-/m1/s1. The van der Waals surface area contributed by atoms with Crippen molar-refractivity contribution in [2.45, 2.75) is 23.3 Å². The fraction of sp³-hybridized carbons (Fsp3) is 0.222. The van der Waals surface area contributed by atoms with Crippen molar-refractivity contribution in [3.63, 3.8) is 0 Å². The van der Waals surface area contributed by atoms with E-state index in [1.165, 1.54) is 24.5 Å². The van der Waals surface area contributed by atoms with Gasteiger partial charge < -0.3 is 0 Å². The highest BCUT2D eigenvalue weighted by molar-refractivity contribution is 6.20. The number of aromatic nitrogens is 3. The van der Waals surface area contributed by atoms with Crippen molar-refractivity contribution in [3.8, 4) is 0 Å². The summed E-state index contributed by atoms with van der Waals surface area (Å²) in [7, 11) is 0. The molecule has 0 spiro atoms. The first-order valence-electron chi connectivity index (χ1n) is 7.61. The van der Waals surface area contributed by atoms with Crippen LogP contribution in [0.5, 0.6) is 0 Å². The quantitative estimate of drug-likeness (QED) is 0.655. The zero-order valence-corrected chi connectivity index (χ0v) is 13.4. The molecule has 24 heavy (non-hydrogen) atoms. The number of halogens is 3. The summed E-state index contributed by atoms with van der Waals surface area (Å²) < 4.78 is 29.2. The van der Waals surface area contributed by atoms with Crippen LogP contribution in [0, 0.1) is 11.6 Å². The number of nitrogens with zero attached hydrogens (tertiary/aromatic N) is 3. The third kappa shape index (κ3) is 2.31. The Balaban J connectivity index is 1.80. The van der Waals surface area contributed by atoms with E-state index in [1.807, 2.05) is 6.07 Å². The monoisotopic (exact) mass is 345 g/mol. The predicted molar refractivity (Wildman–Crippen MR) is 86.7 cm³/mol. The Kier molecular flexibility index (Phi) is 3.61. The van der Waals surface area contributed by atoms with Gasteiger partial charge in [-0.3, -0.25) is 0 Å². The molecule has 122 valence electrons. The summed E-state index contributed by atoms with van der Waals surface area (Å²) in [5.41, 5.74) is 0.390. The Hall–Kier alpha value is -2.27. The molecular formula is C18H14ClF2N3. The number of rotatable bonds is 4. The van der Waals surface area contributed by atoms with Gasteiger partial charge in [-0.25, -0.2) is 18.4 Å². The highest BCUT2D eigenvalue weighted by atomic mass is 35.5. The van der Waals surface area contributed by atoms with Crippen molar-refractivity contribution in [2.75, 3.05) is 0 Å². The molecule has 3 nitrogen and oxygen atoms in total. The van der Waals surface area contributed by atoms with E-state index in [1.54, 1.807) is 35.3 Å². The molecule has 0 radical (unpaired) electrons. The topological polar surface area (TPSA) is 30.7 Å². The second-order valence-corrected chi connectivity index (χ2v) is 6.45. The van der Waals surface area contributed by atoms with Crippen LogP contribution in [0.15, 0.2) is 61.2 Å². The smallest absolute Gasteiger partial charge is 0.137 e. The maximum Gasteiger partial charge on any atom is 0.137 e. The molecule has 1 aliphatic rings. The summed E-state index contributed by atoms with van der Waals surface area (Å²) in [6.45, 7) is 0. The summed E-state index contributed by atoms with van der Waals surface area (Å²) in [6.07, 6.45) is 3.61. The van der Waals surface area contributed by atoms with E-state index in [0.29, 0.717) is 12.0 Å². The summed E-state index contributed by atoms with van der Waals surface area (Å²) >= 11 is 6.72. The van der Waals surface area contributed by atoms with E-state index < -0.39 is 10.9 Å². The van der Waals surface area contributed by atoms with Crippen LogP contribution in [0.1, 0.15) is 29.0 Å². The average Bonchev–Trinajstić information content (AvgIpc) is 3.09. The van der Waals surface area contributed by atoms with E-state index >= 15 is 0 Å². The van der Waals surface area contributed by atoms with Crippen LogP contribution >= 0.6 is 11.6 Å². The van der Waals surface area contributed by atoms with Crippen molar-refractivity contribution < 1.29 is 8.78 Å². The molecule has 0 aliphatic heterocycles. The molecule has 0 amide bonds. The van der Waals surface area contributed by atoms with Gasteiger partial charge in [0, 0.05) is 11.3 Å². The summed E-state index contributed by atoms with van der Waals surface area (Å²) in [5.74, 6) is -0.673. The van der Waals surface area contributed by atoms with E-state index in [2.05, 4.69) is 10.1 Å². The molecule has 4 rings (SSSR count). The number of hydrogen-bond donors (Lipinski definition) is 0. The minimum atomic E-state index is -0.550. The summed E-state index contributed by atoms with van der Waals surface area (Å²) in [5, 5.41) is 4.12. The highest BCUT2D eigenvalue weighted by Crippen LogP contribution is 2.67. The summed E-state index contributed by atoms with van der Waals surface area (Å²) in [4.78, 5) is 3.94. The van der Waals surface area contributed by atoms with Gasteiger partial charge in [-0.15, -0.1) is 0 Å². The molecular weight excluding hydrogens is 332 g/mol. The molecule has 6 heteroatoms. The minimum Gasteiger partial charge on any atom is -0.234 e. The number of hydrogen-bond acceptors (Lipinski definition) is 2. The number of alkyl halides is 1. The van der Waals surface area contributed by atoms with Crippen LogP contribution < -0.4 is 0 Å². The van der Waals surface area contributed by atoms with Gasteiger partial charge in [0.05, 0.1) is 0 Å². The minimum absolute atomic E-state index is 0.101. The van der Waals surface area contributed by atoms with Gasteiger partial charge in [0.15, 0.2) is 0 Å². The molecule has 0 bridgehead atoms. The lowest BCUT2D eigenvalue weighted by Gasteiger charge is -2.24. The zero-order valence-electron chi connectivity index (χ0n) is 12.6. The molecule has 1 saturated carbocycles. The number of benzene rings is 2. The molecule has 0 N–H and O–H groups in total. The van der Waals surface area contributed by atoms with E-state index in [-0.39, 0.29) is 17.6 Å². The molecule has 3 aromatic rings. The van der Waals surface area contributed by atoms with Gasteiger partial charge in [0.2, 0.25) is 0 Å². The van der Waals surface area contributed by atoms with Crippen LogP contribution in [0.4, 0.5) is 8.78 Å². The lowest BCUT2D eigenvalue weighted by molar-refractivity contribution is 0.461. The Morgan fingerprint density at radius 2 is 1.88 bits per heavy atom. The van der Waals surface area contributed by atoms with Crippen LogP contribution in [-0.2, 0) is 5.41 Å². The van der Waals surface area contributed by atoms with Crippen LogP contribution in [-0.4, -0.2) is 14.8 Å². The third-order valence-electron chi connectivity index (χ3n) is 4.76. The van der Waals surface area contributed by atoms with E-state index in [0.717, 1.165) is 5.56 Å². The summed E-state index contributed by atoms with van der Waals surface area (Å²) in [6, 6.07) is 12.9. The fourth-order valence-corrected chi connectivity index (χ4v) is 3.94. The molecule has 2 aromatic carbocycles. The first-order chi connectivity index (χ1) is 11.6. The van der Waals surface area contributed by atoms with Crippen molar-refractivity contribution in [2.24, 2.45) is 0 Å². The van der Waals surface area contributed by atoms with Crippen LogP contribution in [0.3, 0.4) is 0 Å². The van der Waals surface area contributed by atoms with E-state index in [9.17, 15) is 8.78 Å². The second kappa shape index (κ2) is 5.67. The normalized spacial score (nSPS) is 23.9. The van der Waals surface area contributed by atoms with Gasteiger partial charge in [0.25, 0.3) is 0 Å². The lowest BCUT2D eigenvalue weighted by atomic mass is 9.90. The first-order valence-corrected chi connectivity index (χ1v) is 8.05. The third-order valence-corrected chi connectivity index (χ3v) is 5.35. The molecule has 3 atom stereocenters. The van der Waals surface area contributed by atoms with Gasteiger partial charge in [-0.05, 0) is 35.7 Å². The molecule has 1 heterocycles. The first kappa shape index (κ1) is 15.3. The SMILES string of the molecule is Fc1ccc([C@]2([C@H](Cl)n3cncn3)C[C@@H]2c2ccccc2F)cc1. The van der Waals surface area contributed by atoms with Gasteiger partial charge >= 0.3 is 0 Å². The highest BCUT2D eigenvalue weighted by Gasteiger charge is 2.62. The van der Waals surface area contributed by atoms with Crippen molar-refractivity contribution in [3.05, 3.63) is 83.9 Å². The average molecular weight is 346 g/mol. The Morgan fingerprint density at radius 1 is 1.12 bits per heavy atom. The van der Waals surface area contributed by atoms with Crippen LogP contribution in [0.25, 0.3) is 0 Å². The zero-order chi connectivity index (χ0) is 16.7. The van der Waals surface area contributed by atoms with E-state index in [4.69, 9.17) is 11.6 Å². The molecule has 0 saturated heterocycles. The van der Waals surface area contributed by atoms with Gasteiger partial charge in [-0.1, -0.05) is 41.9 Å². The fourth-order valence-electron chi connectivity index (χ4n) is 3.47. The molecule has 0 unspecified atom stereocenters. The molecule has 1 aromatic heterocycles. The van der Waals surface area contributed by atoms with Gasteiger partial charge in [-0.2, -0.15) is 5.10 Å². The van der Waals surface area contributed by atoms with Gasteiger partial charge in [0.1, 0.15) is 29.8 Å². The molecule has 1 fully saturated rings. The maximum absolute atomic E-state index is 14.3. The van der Waals surface area contributed by atoms with Crippen molar-refractivity contribution in [1.82, 2.24) is 14.8 Å². The Bertz CT molecular complexity index is 851.